The third-order valence-electron chi connectivity index (χ3n) is 3.44. The molecule has 0 bridgehead atoms. The van der Waals surface area contributed by atoms with Crippen LogP contribution in [0.5, 0.6) is 5.75 Å². The molecule has 0 aromatic heterocycles. The van der Waals surface area contributed by atoms with Crippen molar-refractivity contribution in [3.8, 4) is 5.75 Å². The van der Waals surface area contributed by atoms with E-state index in [0.717, 1.165) is 31.4 Å². The highest BCUT2D eigenvalue weighted by atomic mass is 32.2. The number of benzene rings is 1. The molecule has 100 valence electrons. The van der Waals surface area contributed by atoms with Gasteiger partial charge >= 0.3 is 0 Å². The van der Waals surface area contributed by atoms with Crippen LogP contribution < -0.4 is 10.1 Å². The quantitative estimate of drug-likeness (QED) is 0.600. The van der Waals surface area contributed by atoms with Gasteiger partial charge in [-0.3, -0.25) is 0 Å². The summed E-state index contributed by atoms with van der Waals surface area (Å²) >= 11 is 1.74. The highest BCUT2D eigenvalue weighted by molar-refractivity contribution is 7.98. The van der Waals surface area contributed by atoms with Crippen molar-refractivity contribution in [3.05, 3.63) is 24.3 Å². The molecule has 1 aliphatic carbocycles. The fraction of sp³-hybridized carbons (Fsp3) is 0.600. The standard InChI is InChI=1S/C15H23NOS/c1-18-15-10-5-4-9-14(15)17-12-6-11-16-13-7-2-3-8-13/h4-5,9-10,13,16H,2-3,6-8,11-12H2,1H3. The zero-order valence-electron chi connectivity index (χ0n) is 11.2. The van der Waals surface area contributed by atoms with Gasteiger partial charge in [0.15, 0.2) is 0 Å². The molecule has 0 radical (unpaired) electrons. The second-order valence-electron chi connectivity index (χ2n) is 4.79. The lowest BCUT2D eigenvalue weighted by Crippen LogP contribution is -2.27. The Bertz CT molecular complexity index is 350. The molecule has 0 aliphatic heterocycles. The van der Waals surface area contributed by atoms with Gasteiger partial charge in [0.25, 0.3) is 0 Å². The fourth-order valence-corrected chi connectivity index (χ4v) is 2.97. The van der Waals surface area contributed by atoms with Crippen LogP contribution in [0.2, 0.25) is 0 Å². The Kier molecular flexibility index (Phi) is 5.88. The smallest absolute Gasteiger partial charge is 0.132 e. The highest BCUT2D eigenvalue weighted by Gasteiger charge is 2.13. The summed E-state index contributed by atoms with van der Waals surface area (Å²) in [4.78, 5) is 1.22. The second kappa shape index (κ2) is 7.70. The van der Waals surface area contributed by atoms with E-state index in [2.05, 4.69) is 29.8 Å². The first-order valence-electron chi connectivity index (χ1n) is 6.89. The molecule has 1 aromatic carbocycles. The number of hydrogen-bond acceptors (Lipinski definition) is 3. The van der Waals surface area contributed by atoms with Crippen molar-refractivity contribution in [1.82, 2.24) is 5.32 Å². The summed E-state index contributed by atoms with van der Waals surface area (Å²) < 4.78 is 5.83. The summed E-state index contributed by atoms with van der Waals surface area (Å²) in [6, 6.07) is 9.02. The molecule has 2 rings (SSSR count). The topological polar surface area (TPSA) is 21.3 Å². The minimum atomic E-state index is 0.767. The van der Waals surface area contributed by atoms with E-state index in [1.165, 1.54) is 30.6 Å². The first kappa shape index (κ1) is 13.8. The number of rotatable bonds is 7. The van der Waals surface area contributed by atoms with Crippen LogP contribution in [-0.4, -0.2) is 25.4 Å². The van der Waals surface area contributed by atoms with Gasteiger partial charge in [-0.05, 0) is 44.2 Å². The first-order valence-corrected chi connectivity index (χ1v) is 8.12. The van der Waals surface area contributed by atoms with Crippen LogP contribution in [0.3, 0.4) is 0 Å². The summed E-state index contributed by atoms with van der Waals surface area (Å²) in [6.45, 7) is 1.88. The normalized spacial score (nSPS) is 16.1. The Balaban J connectivity index is 1.62. The van der Waals surface area contributed by atoms with Crippen molar-refractivity contribution < 1.29 is 4.74 Å². The van der Waals surface area contributed by atoms with Crippen LogP contribution >= 0.6 is 11.8 Å². The lowest BCUT2D eigenvalue weighted by molar-refractivity contribution is 0.298. The SMILES string of the molecule is CSc1ccccc1OCCCNC1CCCC1. The molecule has 1 N–H and O–H groups in total. The summed E-state index contributed by atoms with van der Waals surface area (Å²) in [5, 5.41) is 3.61. The van der Waals surface area contributed by atoms with E-state index in [1.54, 1.807) is 11.8 Å². The van der Waals surface area contributed by atoms with Crippen LogP contribution in [-0.2, 0) is 0 Å². The second-order valence-corrected chi connectivity index (χ2v) is 5.64. The molecule has 1 aliphatic rings. The average Bonchev–Trinajstić information content (AvgIpc) is 2.92. The molecular weight excluding hydrogens is 242 g/mol. The van der Waals surface area contributed by atoms with E-state index < -0.39 is 0 Å². The Hall–Kier alpha value is -0.670. The van der Waals surface area contributed by atoms with E-state index >= 15 is 0 Å². The average molecular weight is 265 g/mol. The fourth-order valence-electron chi connectivity index (χ4n) is 2.43. The number of para-hydroxylation sites is 1. The van der Waals surface area contributed by atoms with Crippen molar-refractivity contribution in [1.29, 1.82) is 0 Å². The molecule has 0 atom stereocenters. The summed E-state index contributed by atoms with van der Waals surface area (Å²) in [5.74, 6) is 1.02. The van der Waals surface area contributed by atoms with Gasteiger partial charge < -0.3 is 10.1 Å². The third kappa shape index (κ3) is 4.21. The molecule has 1 aromatic rings. The van der Waals surface area contributed by atoms with Crippen LogP contribution in [0.1, 0.15) is 32.1 Å². The number of nitrogens with one attached hydrogen (secondary N) is 1. The van der Waals surface area contributed by atoms with Gasteiger partial charge in [0.2, 0.25) is 0 Å². The van der Waals surface area contributed by atoms with Crippen molar-refractivity contribution in [3.63, 3.8) is 0 Å². The zero-order chi connectivity index (χ0) is 12.6. The van der Waals surface area contributed by atoms with E-state index in [-0.39, 0.29) is 0 Å². The lowest BCUT2D eigenvalue weighted by Gasteiger charge is -2.13. The van der Waals surface area contributed by atoms with Crippen LogP contribution in [0.15, 0.2) is 29.2 Å². The van der Waals surface area contributed by atoms with E-state index in [0.29, 0.717) is 0 Å². The third-order valence-corrected chi connectivity index (χ3v) is 4.21. The summed E-state index contributed by atoms with van der Waals surface area (Å²) in [6.07, 6.45) is 8.68. The van der Waals surface area contributed by atoms with Gasteiger partial charge in [0.05, 0.1) is 6.61 Å². The molecule has 0 saturated heterocycles. The molecule has 0 amide bonds. The monoisotopic (exact) mass is 265 g/mol. The Morgan fingerprint density at radius 1 is 1.28 bits per heavy atom. The van der Waals surface area contributed by atoms with E-state index in [1.807, 2.05) is 6.07 Å². The van der Waals surface area contributed by atoms with Crippen LogP contribution in [0.4, 0.5) is 0 Å². The largest absolute Gasteiger partial charge is 0.492 e. The maximum Gasteiger partial charge on any atom is 0.132 e. The maximum atomic E-state index is 5.83. The predicted octanol–water partition coefficient (Wildman–Crippen LogP) is 3.71. The molecular formula is C15H23NOS. The number of hydrogen-bond donors (Lipinski definition) is 1. The predicted molar refractivity (Wildman–Crippen MR) is 78.6 cm³/mol. The molecule has 1 saturated carbocycles. The van der Waals surface area contributed by atoms with Gasteiger partial charge in [0, 0.05) is 10.9 Å². The van der Waals surface area contributed by atoms with Gasteiger partial charge in [0.1, 0.15) is 5.75 Å². The minimum Gasteiger partial charge on any atom is -0.492 e. The van der Waals surface area contributed by atoms with Crippen molar-refractivity contribution in [2.24, 2.45) is 0 Å². The maximum absolute atomic E-state index is 5.83. The molecule has 18 heavy (non-hydrogen) atoms. The van der Waals surface area contributed by atoms with Crippen molar-refractivity contribution >= 4 is 11.8 Å². The highest BCUT2D eigenvalue weighted by Crippen LogP contribution is 2.26. The van der Waals surface area contributed by atoms with Gasteiger partial charge in [-0.25, -0.2) is 0 Å². The lowest BCUT2D eigenvalue weighted by atomic mass is 10.2. The molecule has 0 heterocycles. The number of ether oxygens (including phenoxy) is 1. The Labute approximate surface area is 114 Å². The van der Waals surface area contributed by atoms with Gasteiger partial charge in [-0.1, -0.05) is 25.0 Å². The van der Waals surface area contributed by atoms with Gasteiger partial charge in [-0.2, -0.15) is 0 Å². The Morgan fingerprint density at radius 3 is 2.83 bits per heavy atom. The molecule has 1 fully saturated rings. The summed E-state index contributed by atoms with van der Waals surface area (Å²) in [7, 11) is 0. The first-order chi connectivity index (χ1) is 8.90. The Morgan fingerprint density at radius 2 is 2.06 bits per heavy atom. The van der Waals surface area contributed by atoms with Gasteiger partial charge in [-0.15, -0.1) is 11.8 Å². The molecule has 0 spiro atoms. The molecule has 2 nitrogen and oxygen atoms in total. The van der Waals surface area contributed by atoms with Crippen molar-refractivity contribution in [2.75, 3.05) is 19.4 Å². The summed E-state index contributed by atoms with van der Waals surface area (Å²) in [5.41, 5.74) is 0. The van der Waals surface area contributed by atoms with E-state index in [4.69, 9.17) is 4.74 Å². The van der Waals surface area contributed by atoms with Crippen LogP contribution in [0.25, 0.3) is 0 Å². The van der Waals surface area contributed by atoms with Crippen molar-refractivity contribution in [2.45, 2.75) is 43.0 Å². The molecule has 0 unspecified atom stereocenters. The molecule has 3 heteroatoms. The number of thioether (sulfide) groups is 1. The zero-order valence-corrected chi connectivity index (χ0v) is 12.0. The minimum absolute atomic E-state index is 0.767. The van der Waals surface area contributed by atoms with Crippen LogP contribution in [0, 0.1) is 0 Å². The van der Waals surface area contributed by atoms with E-state index in [9.17, 15) is 0 Å².